The summed E-state index contributed by atoms with van der Waals surface area (Å²) in [5, 5.41) is -0.345. The van der Waals surface area contributed by atoms with Crippen LogP contribution in [-0.2, 0) is 20.0 Å². The second kappa shape index (κ2) is 7.59. The summed E-state index contributed by atoms with van der Waals surface area (Å²) < 4.78 is 57.8. The molecule has 154 valence electrons. The van der Waals surface area contributed by atoms with Gasteiger partial charge in [0, 0.05) is 35.9 Å². The number of carbonyl (C=O) groups excluding carboxylic acids is 1. The summed E-state index contributed by atoms with van der Waals surface area (Å²) in [5.41, 5.74) is 0. The van der Waals surface area contributed by atoms with Gasteiger partial charge in [-0.2, -0.15) is 4.31 Å². The Morgan fingerprint density at radius 3 is 2.29 bits per heavy atom. The Morgan fingerprint density at radius 1 is 1.11 bits per heavy atom. The molecule has 0 radical (unpaired) electrons. The maximum absolute atomic E-state index is 12.9. The molecule has 1 amide bonds. The molecule has 28 heavy (non-hydrogen) atoms. The summed E-state index contributed by atoms with van der Waals surface area (Å²) in [6.45, 7) is 4.33. The third kappa shape index (κ3) is 3.87. The Hall–Kier alpha value is -1.73. The Balaban J connectivity index is 1.70. The zero-order valence-electron chi connectivity index (χ0n) is 15.6. The molecule has 2 aromatic rings. The summed E-state index contributed by atoms with van der Waals surface area (Å²) in [5.74, 6) is -0.577. The highest BCUT2D eigenvalue weighted by Gasteiger charge is 2.33. The number of sulfonamides is 2. The summed E-state index contributed by atoms with van der Waals surface area (Å²) in [6.07, 6.45) is 0. The van der Waals surface area contributed by atoms with E-state index in [0.29, 0.717) is 4.90 Å². The van der Waals surface area contributed by atoms with Crippen LogP contribution in [0.3, 0.4) is 0 Å². The lowest BCUT2D eigenvalue weighted by atomic mass is 10.3. The van der Waals surface area contributed by atoms with E-state index < -0.39 is 26.0 Å². The molecule has 0 aromatic carbocycles. The van der Waals surface area contributed by atoms with E-state index >= 15 is 0 Å². The van der Waals surface area contributed by atoms with Crippen molar-refractivity contribution in [2.24, 2.45) is 0 Å². The fourth-order valence-corrected chi connectivity index (χ4v) is 6.56. The maximum Gasteiger partial charge on any atom is 0.289 e. The highest BCUT2D eigenvalue weighted by Crippen LogP contribution is 2.28. The van der Waals surface area contributed by atoms with Crippen LogP contribution in [0.4, 0.5) is 0 Å². The number of aryl methyl sites for hydroxylation is 2. The van der Waals surface area contributed by atoms with Gasteiger partial charge in [-0.3, -0.25) is 4.79 Å². The lowest BCUT2D eigenvalue weighted by Crippen LogP contribution is -2.50. The predicted octanol–water partition coefficient (Wildman–Crippen LogP) is 1.01. The Labute approximate surface area is 168 Å². The second-order valence-corrected chi connectivity index (χ2v) is 11.5. The van der Waals surface area contributed by atoms with Crippen LogP contribution in [-0.4, -0.2) is 65.2 Å². The minimum absolute atomic E-state index is 0.102. The fourth-order valence-electron chi connectivity index (χ4n) is 2.97. The highest BCUT2D eigenvalue weighted by atomic mass is 32.2. The third-order valence-corrected chi connectivity index (χ3v) is 8.87. The minimum Gasteiger partial charge on any atom is -0.438 e. The highest BCUT2D eigenvalue weighted by molar-refractivity contribution is 7.89. The van der Waals surface area contributed by atoms with E-state index in [1.165, 1.54) is 39.7 Å². The fraction of sp³-hybridized carbons (Fsp3) is 0.438. The molecule has 1 aliphatic heterocycles. The van der Waals surface area contributed by atoms with Crippen LogP contribution in [0.1, 0.15) is 20.3 Å². The number of furan rings is 1. The molecule has 0 aliphatic carbocycles. The lowest BCUT2D eigenvalue weighted by Gasteiger charge is -2.33. The third-order valence-electron chi connectivity index (χ3n) is 4.46. The molecule has 12 heteroatoms. The van der Waals surface area contributed by atoms with Crippen LogP contribution in [0.2, 0.25) is 0 Å². The van der Waals surface area contributed by atoms with Gasteiger partial charge in [-0.25, -0.2) is 21.6 Å². The molecule has 1 N–H and O–H groups in total. The van der Waals surface area contributed by atoms with Gasteiger partial charge in [0.05, 0.1) is 4.90 Å². The summed E-state index contributed by atoms with van der Waals surface area (Å²) in [7, 11) is -6.14. The van der Waals surface area contributed by atoms with Gasteiger partial charge < -0.3 is 9.32 Å². The number of carbonyl (C=O) groups is 1. The average Bonchev–Trinajstić information content (AvgIpc) is 3.28. The van der Waals surface area contributed by atoms with Crippen molar-refractivity contribution in [1.82, 2.24) is 13.9 Å². The van der Waals surface area contributed by atoms with Gasteiger partial charge in [0.25, 0.3) is 15.9 Å². The number of thiophene rings is 1. The summed E-state index contributed by atoms with van der Waals surface area (Å²) in [6, 6.07) is 4.17. The van der Waals surface area contributed by atoms with Crippen LogP contribution in [0.25, 0.3) is 0 Å². The molecular weight excluding hydrogens is 426 g/mol. The largest absolute Gasteiger partial charge is 0.438 e. The van der Waals surface area contributed by atoms with Gasteiger partial charge >= 0.3 is 0 Å². The Bertz CT molecular complexity index is 1090. The van der Waals surface area contributed by atoms with E-state index in [1.54, 1.807) is 13.0 Å². The van der Waals surface area contributed by atoms with Crippen molar-refractivity contribution < 1.29 is 26.0 Å². The molecule has 0 atom stereocenters. The number of hydrogen-bond donors (Lipinski definition) is 1. The first-order valence-corrected chi connectivity index (χ1v) is 12.2. The number of rotatable bonds is 5. The summed E-state index contributed by atoms with van der Waals surface area (Å²) in [4.78, 5) is 16.0. The molecule has 1 fully saturated rings. The topological polar surface area (TPSA) is 117 Å². The number of piperazine rings is 1. The first kappa shape index (κ1) is 21.0. The van der Waals surface area contributed by atoms with E-state index in [0.717, 1.165) is 9.75 Å². The molecular formula is C16H21N3O6S3. The van der Waals surface area contributed by atoms with Gasteiger partial charge in [-0.1, -0.05) is 0 Å². The first-order chi connectivity index (χ1) is 13.1. The Kier molecular flexibility index (Phi) is 5.69. The van der Waals surface area contributed by atoms with Crippen molar-refractivity contribution in [2.45, 2.75) is 23.8 Å². The van der Waals surface area contributed by atoms with Crippen molar-refractivity contribution in [3.8, 4) is 0 Å². The van der Waals surface area contributed by atoms with Crippen molar-refractivity contribution in [3.05, 3.63) is 33.7 Å². The zero-order chi connectivity index (χ0) is 20.7. The van der Waals surface area contributed by atoms with Crippen molar-refractivity contribution in [1.29, 1.82) is 0 Å². The standard InChI is InChI=1S/C16H21N3O6S3/c1-11-10-14(12(2)26-11)28(23,24)19-8-6-18(7-9-19)16(20)13-4-5-15(25-13)27(21,22)17-3/h4-5,10,17H,6-9H2,1-3H3. The van der Waals surface area contributed by atoms with E-state index in [1.807, 2.05) is 6.92 Å². The van der Waals surface area contributed by atoms with Crippen LogP contribution >= 0.6 is 11.3 Å². The van der Waals surface area contributed by atoms with Gasteiger partial charge in [-0.05, 0) is 39.1 Å². The number of nitrogens with one attached hydrogen (secondary N) is 1. The molecule has 1 aliphatic rings. The molecule has 3 heterocycles. The van der Waals surface area contributed by atoms with Crippen LogP contribution in [0.15, 0.2) is 32.6 Å². The smallest absolute Gasteiger partial charge is 0.289 e. The number of amides is 1. The van der Waals surface area contributed by atoms with Crippen molar-refractivity contribution >= 4 is 37.3 Å². The minimum atomic E-state index is -3.78. The summed E-state index contributed by atoms with van der Waals surface area (Å²) >= 11 is 1.43. The zero-order valence-corrected chi connectivity index (χ0v) is 18.1. The molecule has 0 bridgehead atoms. The SMILES string of the molecule is CNS(=O)(=O)c1ccc(C(=O)N2CCN(S(=O)(=O)c3cc(C)sc3C)CC2)o1. The molecule has 9 nitrogen and oxygen atoms in total. The van der Waals surface area contributed by atoms with E-state index in [2.05, 4.69) is 4.72 Å². The number of nitrogens with zero attached hydrogens (tertiary/aromatic N) is 2. The first-order valence-electron chi connectivity index (χ1n) is 8.46. The maximum atomic E-state index is 12.9. The molecule has 3 rings (SSSR count). The second-order valence-electron chi connectivity index (χ2n) is 6.30. The van der Waals surface area contributed by atoms with E-state index in [9.17, 15) is 21.6 Å². The molecule has 0 saturated carbocycles. The molecule has 2 aromatic heterocycles. The van der Waals surface area contributed by atoms with Crippen LogP contribution in [0.5, 0.6) is 0 Å². The quantitative estimate of drug-likeness (QED) is 0.731. The molecule has 0 spiro atoms. The van der Waals surface area contributed by atoms with Crippen LogP contribution in [0, 0.1) is 13.8 Å². The van der Waals surface area contributed by atoms with Gasteiger partial charge in [0.2, 0.25) is 15.1 Å². The monoisotopic (exact) mass is 447 g/mol. The number of hydrogen-bond acceptors (Lipinski definition) is 7. The van der Waals surface area contributed by atoms with Gasteiger partial charge in [0.15, 0.2) is 5.76 Å². The normalized spacial score (nSPS) is 16.5. The van der Waals surface area contributed by atoms with E-state index in [4.69, 9.17) is 4.42 Å². The van der Waals surface area contributed by atoms with Crippen molar-refractivity contribution in [3.63, 3.8) is 0 Å². The molecule has 1 saturated heterocycles. The predicted molar refractivity (Wildman–Crippen MR) is 103 cm³/mol. The Morgan fingerprint density at radius 2 is 1.75 bits per heavy atom. The van der Waals surface area contributed by atoms with Gasteiger partial charge in [0.1, 0.15) is 0 Å². The molecule has 0 unspecified atom stereocenters. The average molecular weight is 448 g/mol. The van der Waals surface area contributed by atoms with Crippen molar-refractivity contribution in [2.75, 3.05) is 33.2 Å². The van der Waals surface area contributed by atoms with Gasteiger partial charge in [-0.15, -0.1) is 11.3 Å². The lowest BCUT2D eigenvalue weighted by molar-refractivity contribution is 0.0660. The van der Waals surface area contributed by atoms with E-state index in [-0.39, 0.29) is 37.0 Å². The van der Waals surface area contributed by atoms with Crippen LogP contribution < -0.4 is 4.72 Å².